The Bertz CT molecular complexity index is 650. The Morgan fingerprint density at radius 1 is 0.750 bits per heavy atom. The highest BCUT2D eigenvalue weighted by atomic mass is 31.2. The molecular weight excluding hydrogens is 475 g/mol. The predicted octanol–water partition coefficient (Wildman–Crippen LogP) is 8.35. The molecule has 0 saturated heterocycles. The van der Waals surface area contributed by atoms with Crippen LogP contribution in [0.3, 0.4) is 0 Å². The molecule has 0 spiro atoms. The van der Waals surface area contributed by atoms with Crippen LogP contribution in [0.4, 0.5) is 0 Å². The van der Waals surface area contributed by atoms with Crippen molar-refractivity contribution in [2.24, 2.45) is 0 Å². The standard InChI is InChI=1S/C29H53O6P/c1-3-4-5-6-7-8-9-10-11-12-13-14-15-16-17-21-24-33-26-29(27(2)35-36(30,31)32)34-25-28-22-19-18-20-23-28/h18-20,22-23,27,29H,3-17,21,24-26H2,1-2H3,(H2,30,31,32). The first kappa shape index (κ1) is 33.3. The van der Waals surface area contributed by atoms with Crippen LogP contribution < -0.4 is 0 Å². The zero-order valence-electron chi connectivity index (χ0n) is 23.0. The lowest BCUT2D eigenvalue weighted by atomic mass is 10.0. The molecule has 0 bridgehead atoms. The minimum Gasteiger partial charge on any atom is -0.379 e. The van der Waals surface area contributed by atoms with Crippen LogP contribution in [-0.4, -0.2) is 35.2 Å². The van der Waals surface area contributed by atoms with E-state index in [1.165, 1.54) is 89.9 Å². The van der Waals surface area contributed by atoms with Gasteiger partial charge in [-0.15, -0.1) is 0 Å². The molecule has 7 heteroatoms. The highest BCUT2D eigenvalue weighted by molar-refractivity contribution is 7.46. The molecule has 210 valence electrons. The van der Waals surface area contributed by atoms with Crippen molar-refractivity contribution in [3.8, 4) is 0 Å². The molecule has 1 rings (SSSR count). The lowest BCUT2D eigenvalue weighted by molar-refractivity contribution is -0.0783. The Hall–Kier alpha value is -0.750. The van der Waals surface area contributed by atoms with Crippen molar-refractivity contribution in [1.82, 2.24) is 0 Å². The van der Waals surface area contributed by atoms with E-state index in [0.29, 0.717) is 13.2 Å². The van der Waals surface area contributed by atoms with Gasteiger partial charge in [0.15, 0.2) is 0 Å². The first-order valence-electron chi connectivity index (χ1n) is 14.4. The number of phosphoric acid groups is 1. The van der Waals surface area contributed by atoms with Gasteiger partial charge in [-0.2, -0.15) is 0 Å². The number of ether oxygens (including phenoxy) is 2. The first-order chi connectivity index (χ1) is 17.4. The van der Waals surface area contributed by atoms with Crippen LogP contribution in [0.2, 0.25) is 0 Å². The van der Waals surface area contributed by atoms with E-state index < -0.39 is 20.0 Å². The van der Waals surface area contributed by atoms with E-state index in [1.54, 1.807) is 6.92 Å². The summed E-state index contributed by atoms with van der Waals surface area (Å²) in [4.78, 5) is 18.3. The maximum Gasteiger partial charge on any atom is 0.469 e. The molecule has 0 fully saturated rings. The second-order valence-corrected chi connectivity index (χ2v) is 11.2. The van der Waals surface area contributed by atoms with Gasteiger partial charge in [-0.3, -0.25) is 4.52 Å². The first-order valence-corrected chi connectivity index (χ1v) is 15.9. The van der Waals surface area contributed by atoms with E-state index >= 15 is 0 Å². The van der Waals surface area contributed by atoms with Crippen LogP contribution >= 0.6 is 7.82 Å². The van der Waals surface area contributed by atoms with Gasteiger partial charge in [0.25, 0.3) is 0 Å². The largest absolute Gasteiger partial charge is 0.469 e. The van der Waals surface area contributed by atoms with Gasteiger partial charge in [0, 0.05) is 6.61 Å². The number of rotatable bonds is 25. The van der Waals surface area contributed by atoms with Gasteiger partial charge in [-0.1, -0.05) is 134 Å². The van der Waals surface area contributed by atoms with E-state index in [4.69, 9.17) is 23.8 Å². The fraction of sp³-hybridized carbons (Fsp3) is 0.793. The van der Waals surface area contributed by atoms with E-state index in [-0.39, 0.29) is 6.61 Å². The van der Waals surface area contributed by atoms with Crippen molar-refractivity contribution < 1.29 is 28.3 Å². The van der Waals surface area contributed by atoms with Gasteiger partial charge >= 0.3 is 7.82 Å². The number of phosphoric ester groups is 1. The van der Waals surface area contributed by atoms with Gasteiger partial charge in [-0.25, -0.2) is 4.57 Å². The number of unbranched alkanes of at least 4 members (excludes halogenated alkanes) is 15. The summed E-state index contributed by atoms with van der Waals surface area (Å²) >= 11 is 0. The van der Waals surface area contributed by atoms with Crippen molar-refractivity contribution in [3.05, 3.63) is 35.9 Å². The summed E-state index contributed by atoms with van der Waals surface area (Å²) in [6, 6.07) is 9.68. The maximum atomic E-state index is 11.2. The molecule has 0 radical (unpaired) electrons. The second-order valence-electron chi connectivity index (χ2n) is 10.0. The third kappa shape index (κ3) is 20.3. The Morgan fingerprint density at radius 2 is 1.22 bits per heavy atom. The Balaban J connectivity index is 2.03. The van der Waals surface area contributed by atoms with Gasteiger partial charge in [0.05, 0.1) is 19.3 Å². The van der Waals surface area contributed by atoms with E-state index in [1.807, 2.05) is 30.3 Å². The van der Waals surface area contributed by atoms with E-state index in [0.717, 1.165) is 18.4 Å². The van der Waals surface area contributed by atoms with E-state index in [2.05, 4.69) is 6.92 Å². The quantitative estimate of drug-likeness (QED) is 0.0980. The van der Waals surface area contributed by atoms with Gasteiger partial charge in [0.1, 0.15) is 6.10 Å². The molecule has 0 aliphatic rings. The lowest BCUT2D eigenvalue weighted by Crippen LogP contribution is -2.33. The summed E-state index contributed by atoms with van der Waals surface area (Å²) in [6.45, 7) is 5.07. The summed E-state index contributed by atoms with van der Waals surface area (Å²) in [5, 5.41) is 0. The molecule has 6 nitrogen and oxygen atoms in total. The Morgan fingerprint density at radius 3 is 1.69 bits per heavy atom. The van der Waals surface area contributed by atoms with E-state index in [9.17, 15) is 4.57 Å². The van der Waals surface area contributed by atoms with Crippen molar-refractivity contribution in [2.45, 2.75) is 135 Å². The highest BCUT2D eigenvalue weighted by Crippen LogP contribution is 2.38. The summed E-state index contributed by atoms with van der Waals surface area (Å²) in [7, 11) is -4.59. The number of benzene rings is 1. The monoisotopic (exact) mass is 528 g/mol. The molecule has 0 amide bonds. The number of hydrogen-bond donors (Lipinski definition) is 2. The smallest absolute Gasteiger partial charge is 0.379 e. The Labute approximate surface area is 220 Å². The molecule has 1 aromatic rings. The molecule has 1 aromatic carbocycles. The summed E-state index contributed by atoms with van der Waals surface area (Å²) in [6.07, 6.45) is 20.0. The molecule has 0 heterocycles. The Kier molecular flexibility index (Phi) is 20.6. The van der Waals surface area contributed by atoms with Crippen LogP contribution in [0.25, 0.3) is 0 Å². The average Bonchev–Trinajstić information content (AvgIpc) is 2.84. The zero-order chi connectivity index (χ0) is 26.3. The average molecular weight is 529 g/mol. The topological polar surface area (TPSA) is 85.2 Å². The SMILES string of the molecule is CCCCCCCCCCCCCCCCCCOCC(OCc1ccccc1)C(C)OP(=O)(O)O. The summed E-state index contributed by atoms with van der Waals surface area (Å²) in [5.74, 6) is 0. The molecule has 0 aliphatic heterocycles. The normalized spacial score (nSPS) is 13.7. The van der Waals surface area contributed by atoms with Gasteiger partial charge in [-0.05, 0) is 18.9 Å². The highest BCUT2D eigenvalue weighted by Gasteiger charge is 2.27. The van der Waals surface area contributed by atoms with Gasteiger partial charge < -0.3 is 19.3 Å². The molecule has 0 aromatic heterocycles. The van der Waals surface area contributed by atoms with Crippen molar-refractivity contribution in [3.63, 3.8) is 0 Å². The molecule has 0 aliphatic carbocycles. The molecule has 2 atom stereocenters. The van der Waals surface area contributed by atoms with Crippen molar-refractivity contribution in [2.75, 3.05) is 13.2 Å². The van der Waals surface area contributed by atoms with Crippen molar-refractivity contribution >= 4 is 7.82 Å². The molecule has 36 heavy (non-hydrogen) atoms. The lowest BCUT2D eigenvalue weighted by Gasteiger charge is -2.24. The minimum atomic E-state index is -4.59. The fourth-order valence-electron chi connectivity index (χ4n) is 4.33. The maximum absolute atomic E-state index is 11.2. The van der Waals surface area contributed by atoms with Crippen LogP contribution in [-0.2, 0) is 25.2 Å². The molecule has 0 saturated carbocycles. The van der Waals surface area contributed by atoms with Crippen molar-refractivity contribution in [1.29, 1.82) is 0 Å². The van der Waals surface area contributed by atoms with Crippen LogP contribution in [0, 0.1) is 0 Å². The summed E-state index contributed by atoms with van der Waals surface area (Å²) < 4.78 is 27.7. The van der Waals surface area contributed by atoms with Crippen LogP contribution in [0.15, 0.2) is 30.3 Å². The molecule has 2 unspecified atom stereocenters. The van der Waals surface area contributed by atoms with Crippen LogP contribution in [0.5, 0.6) is 0 Å². The van der Waals surface area contributed by atoms with Crippen LogP contribution in [0.1, 0.15) is 122 Å². The predicted molar refractivity (Wildman–Crippen MR) is 148 cm³/mol. The summed E-state index contributed by atoms with van der Waals surface area (Å²) in [5.41, 5.74) is 0.990. The number of hydrogen-bond acceptors (Lipinski definition) is 4. The minimum absolute atomic E-state index is 0.243. The zero-order valence-corrected chi connectivity index (χ0v) is 23.8. The third-order valence-corrected chi connectivity index (χ3v) is 7.17. The fourth-order valence-corrected chi connectivity index (χ4v) is 4.90. The third-order valence-electron chi connectivity index (χ3n) is 6.56. The molecular formula is C29H53O6P. The second kappa shape index (κ2) is 22.3. The molecule has 2 N–H and O–H groups in total. The van der Waals surface area contributed by atoms with Gasteiger partial charge in [0.2, 0.25) is 0 Å².